The van der Waals surface area contributed by atoms with Crippen molar-refractivity contribution in [2.24, 2.45) is 10.9 Å². The molecule has 3 N–H and O–H groups in total. The van der Waals surface area contributed by atoms with E-state index >= 15 is 0 Å². The number of amidine groups is 1. The third-order valence-corrected chi connectivity index (χ3v) is 3.90. The second kappa shape index (κ2) is 6.53. The second-order valence-electron chi connectivity index (χ2n) is 4.21. The molecule has 8 nitrogen and oxygen atoms in total. The van der Waals surface area contributed by atoms with E-state index in [0.29, 0.717) is 5.03 Å². The van der Waals surface area contributed by atoms with Crippen molar-refractivity contribution < 1.29 is 14.9 Å². The van der Waals surface area contributed by atoms with Gasteiger partial charge in [-0.1, -0.05) is 5.16 Å². The van der Waals surface area contributed by atoms with Gasteiger partial charge in [-0.2, -0.15) is 0 Å². The molecule has 1 aliphatic heterocycles. The number of ether oxygens (including phenoxy) is 1. The van der Waals surface area contributed by atoms with Crippen LogP contribution in [-0.2, 0) is 4.74 Å². The molecule has 0 aromatic carbocycles. The van der Waals surface area contributed by atoms with Crippen LogP contribution < -0.4 is 5.73 Å². The van der Waals surface area contributed by atoms with Crippen LogP contribution in [0.25, 0.3) is 0 Å². The Bertz CT molecular complexity index is 531. The van der Waals surface area contributed by atoms with E-state index in [1.54, 1.807) is 6.07 Å². The van der Waals surface area contributed by atoms with E-state index in [4.69, 9.17) is 15.7 Å². The smallest absolute Gasteiger partial charge is 0.298 e. The first-order chi connectivity index (χ1) is 9.61. The summed E-state index contributed by atoms with van der Waals surface area (Å²) in [6, 6.07) is 2.85. The van der Waals surface area contributed by atoms with E-state index in [-0.39, 0.29) is 23.3 Å². The first kappa shape index (κ1) is 14.5. The lowest BCUT2D eigenvalue weighted by Gasteiger charge is -2.08. The number of rotatable bonds is 5. The van der Waals surface area contributed by atoms with Gasteiger partial charge in [0, 0.05) is 18.4 Å². The summed E-state index contributed by atoms with van der Waals surface area (Å²) in [6.45, 7) is 0.772. The third kappa shape index (κ3) is 3.36. The molecule has 2 rings (SSSR count). The molecule has 9 heteroatoms. The fourth-order valence-corrected chi connectivity index (χ4v) is 2.79. The summed E-state index contributed by atoms with van der Waals surface area (Å²) in [7, 11) is 0. The van der Waals surface area contributed by atoms with Gasteiger partial charge in [0.05, 0.1) is 16.1 Å². The molecule has 1 aromatic heterocycles. The normalized spacial score (nSPS) is 19.2. The minimum atomic E-state index is -0.616. The molecule has 1 saturated heterocycles. The van der Waals surface area contributed by atoms with E-state index < -0.39 is 4.92 Å². The lowest BCUT2D eigenvalue weighted by molar-refractivity contribution is -0.385. The molecule has 1 aromatic rings. The van der Waals surface area contributed by atoms with Gasteiger partial charge in [0.25, 0.3) is 5.69 Å². The van der Waals surface area contributed by atoms with Gasteiger partial charge in [0.2, 0.25) is 0 Å². The van der Waals surface area contributed by atoms with Gasteiger partial charge in [-0.15, -0.1) is 11.8 Å². The number of nitro groups is 1. The Balaban J connectivity index is 2.16. The molecule has 0 aliphatic carbocycles. The number of nitrogens with two attached hydrogens (primary N) is 1. The quantitative estimate of drug-likeness (QED) is 0.210. The molecule has 2 heterocycles. The SMILES string of the molecule is N/C(=N/O)c1nc(SCC2CCCO2)ccc1[N+](=O)[O-]. The molecule has 0 spiro atoms. The minimum absolute atomic E-state index is 0.130. The van der Waals surface area contributed by atoms with E-state index in [2.05, 4.69) is 10.1 Å². The standard InChI is InChI=1S/C11H14N4O4S/c12-11(14-16)10-8(15(17)18)3-4-9(13-10)20-6-7-2-1-5-19-7/h3-4,7,16H,1-2,5-6H2,(H2,12,14). The highest BCUT2D eigenvalue weighted by Gasteiger charge is 2.21. The van der Waals surface area contributed by atoms with Crippen LogP contribution in [0.5, 0.6) is 0 Å². The Morgan fingerprint density at radius 3 is 3.10 bits per heavy atom. The zero-order chi connectivity index (χ0) is 14.5. The van der Waals surface area contributed by atoms with Crippen molar-refractivity contribution >= 4 is 23.3 Å². The van der Waals surface area contributed by atoms with Gasteiger partial charge >= 0.3 is 0 Å². The molecular formula is C11H14N4O4S. The van der Waals surface area contributed by atoms with Gasteiger partial charge in [-0.05, 0) is 18.9 Å². The zero-order valence-electron chi connectivity index (χ0n) is 10.6. The first-order valence-corrected chi connectivity index (χ1v) is 6.98. The molecule has 1 atom stereocenters. The fraction of sp³-hybridized carbons (Fsp3) is 0.455. The van der Waals surface area contributed by atoms with Gasteiger partial charge in [-0.25, -0.2) is 4.98 Å². The Morgan fingerprint density at radius 1 is 1.70 bits per heavy atom. The lowest BCUT2D eigenvalue weighted by Crippen LogP contribution is -2.17. The average molecular weight is 298 g/mol. The number of hydrogen-bond donors (Lipinski definition) is 2. The molecule has 1 aliphatic rings. The third-order valence-electron chi connectivity index (χ3n) is 2.84. The van der Waals surface area contributed by atoms with Crippen LogP contribution in [-0.4, -0.2) is 39.4 Å². The average Bonchev–Trinajstić information content (AvgIpc) is 2.97. The van der Waals surface area contributed by atoms with Crippen molar-refractivity contribution in [3.8, 4) is 0 Å². The summed E-state index contributed by atoms with van der Waals surface area (Å²) in [4.78, 5) is 14.3. The van der Waals surface area contributed by atoms with Crippen molar-refractivity contribution in [2.75, 3.05) is 12.4 Å². The number of pyridine rings is 1. The second-order valence-corrected chi connectivity index (χ2v) is 5.25. The van der Waals surface area contributed by atoms with Crippen LogP contribution in [0.1, 0.15) is 18.5 Å². The van der Waals surface area contributed by atoms with Crippen molar-refractivity contribution in [3.05, 3.63) is 27.9 Å². The van der Waals surface area contributed by atoms with Crippen LogP contribution in [0, 0.1) is 10.1 Å². The van der Waals surface area contributed by atoms with E-state index in [9.17, 15) is 10.1 Å². The number of thioether (sulfide) groups is 1. The van der Waals surface area contributed by atoms with Crippen LogP contribution in [0.3, 0.4) is 0 Å². The minimum Gasteiger partial charge on any atom is -0.409 e. The summed E-state index contributed by atoms with van der Waals surface area (Å²) >= 11 is 1.43. The molecule has 1 fully saturated rings. The van der Waals surface area contributed by atoms with E-state index in [1.165, 1.54) is 17.8 Å². The number of aromatic nitrogens is 1. The Morgan fingerprint density at radius 2 is 2.50 bits per heavy atom. The van der Waals surface area contributed by atoms with Gasteiger partial charge in [-0.3, -0.25) is 10.1 Å². The molecule has 20 heavy (non-hydrogen) atoms. The van der Waals surface area contributed by atoms with Crippen molar-refractivity contribution in [1.82, 2.24) is 4.98 Å². The largest absolute Gasteiger partial charge is 0.409 e. The molecular weight excluding hydrogens is 284 g/mol. The maximum atomic E-state index is 10.9. The van der Waals surface area contributed by atoms with E-state index in [0.717, 1.165) is 25.2 Å². The predicted molar refractivity (Wildman–Crippen MR) is 73.1 cm³/mol. The number of oxime groups is 1. The number of nitrogens with zero attached hydrogens (tertiary/aromatic N) is 3. The topological polar surface area (TPSA) is 124 Å². The van der Waals surface area contributed by atoms with E-state index in [1.807, 2.05) is 0 Å². The molecule has 0 bridgehead atoms. The van der Waals surface area contributed by atoms with Gasteiger partial charge < -0.3 is 15.7 Å². The maximum absolute atomic E-state index is 10.9. The zero-order valence-corrected chi connectivity index (χ0v) is 11.4. The fourth-order valence-electron chi connectivity index (χ4n) is 1.85. The van der Waals surface area contributed by atoms with Crippen molar-refractivity contribution in [2.45, 2.75) is 24.0 Å². The van der Waals surface area contributed by atoms with Crippen LogP contribution in [0.2, 0.25) is 0 Å². The summed E-state index contributed by atoms with van der Waals surface area (Å²) < 4.78 is 5.49. The Labute approximate surface area is 119 Å². The highest BCUT2D eigenvalue weighted by Crippen LogP contribution is 2.25. The highest BCUT2D eigenvalue weighted by atomic mass is 32.2. The summed E-state index contributed by atoms with van der Waals surface area (Å²) in [5.41, 5.74) is 5.00. The van der Waals surface area contributed by atoms with Gasteiger partial charge in [0.1, 0.15) is 0 Å². The van der Waals surface area contributed by atoms with Crippen LogP contribution in [0.4, 0.5) is 5.69 Å². The van der Waals surface area contributed by atoms with Crippen molar-refractivity contribution in [1.29, 1.82) is 0 Å². The van der Waals surface area contributed by atoms with Crippen molar-refractivity contribution in [3.63, 3.8) is 0 Å². The van der Waals surface area contributed by atoms with Crippen LogP contribution in [0.15, 0.2) is 22.3 Å². The summed E-state index contributed by atoms with van der Waals surface area (Å²) in [5, 5.41) is 22.9. The Hall–Kier alpha value is -1.87. The summed E-state index contributed by atoms with van der Waals surface area (Å²) in [5.74, 6) is 0.344. The monoisotopic (exact) mass is 298 g/mol. The molecule has 0 amide bonds. The van der Waals surface area contributed by atoms with Gasteiger partial charge in [0.15, 0.2) is 11.5 Å². The molecule has 1 unspecified atom stereocenters. The molecule has 0 radical (unpaired) electrons. The highest BCUT2D eigenvalue weighted by molar-refractivity contribution is 7.99. The Kier molecular flexibility index (Phi) is 4.74. The number of hydrogen-bond acceptors (Lipinski definition) is 7. The maximum Gasteiger partial charge on any atom is 0.298 e. The predicted octanol–water partition coefficient (Wildman–Crippen LogP) is 1.36. The first-order valence-electron chi connectivity index (χ1n) is 5.99. The summed E-state index contributed by atoms with van der Waals surface area (Å²) in [6.07, 6.45) is 2.24. The van der Waals surface area contributed by atoms with Crippen LogP contribution >= 0.6 is 11.8 Å². The molecule has 108 valence electrons. The molecule has 0 saturated carbocycles. The lowest BCUT2D eigenvalue weighted by atomic mass is 10.3.